The van der Waals surface area contributed by atoms with Gasteiger partial charge in [0.25, 0.3) is 0 Å². The van der Waals surface area contributed by atoms with Gasteiger partial charge in [-0.05, 0) is 89.9 Å². The van der Waals surface area contributed by atoms with Gasteiger partial charge in [-0.1, -0.05) is 234 Å². The number of carbonyl (C=O) groups is 3. The first-order valence-corrected chi connectivity index (χ1v) is 27.7. The fourth-order valence-electron chi connectivity index (χ4n) is 7.56. The Morgan fingerprint density at radius 1 is 0.318 bits per heavy atom. The molecule has 6 heteroatoms. The molecule has 0 aromatic heterocycles. The summed E-state index contributed by atoms with van der Waals surface area (Å²) in [5.41, 5.74) is 0. The molecule has 0 fully saturated rings. The lowest BCUT2D eigenvalue weighted by molar-refractivity contribution is -0.167. The average Bonchev–Trinajstić information content (AvgIpc) is 3.31. The molecular weight excluding hydrogens is 817 g/mol. The first-order valence-electron chi connectivity index (χ1n) is 27.7. The van der Waals surface area contributed by atoms with Gasteiger partial charge in [-0.2, -0.15) is 0 Å². The topological polar surface area (TPSA) is 78.9 Å². The molecule has 0 amide bonds. The minimum Gasteiger partial charge on any atom is -0.462 e. The maximum absolute atomic E-state index is 12.8. The fourth-order valence-corrected chi connectivity index (χ4v) is 7.56. The molecule has 378 valence electrons. The molecule has 0 N–H and O–H groups in total. The van der Waals surface area contributed by atoms with Crippen LogP contribution in [0.15, 0.2) is 85.1 Å². The van der Waals surface area contributed by atoms with Crippen molar-refractivity contribution in [2.45, 2.75) is 264 Å². The molecule has 0 saturated heterocycles. The summed E-state index contributed by atoms with van der Waals surface area (Å²) in [5.74, 6) is -0.943. The zero-order valence-electron chi connectivity index (χ0n) is 43.2. The molecule has 6 nitrogen and oxygen atoms in total. The van der Waals surface area contributed by atoms with Gasteiger partial charge in [-0.3, -0.25) is 14.4 Å². The van der Waals surface area contributed by atoms with Crippen LogP contribution in [0.25, 0.3) is 0 Å². The van der Waals surface area contributed by atoms with E-state index in [1.165, 1.54) is 135 Å². The lowest BCUT2D eigenvalue weighted by atomic mass is 10.1. The van der Waals surface area contributed by atoms with Gasteiger partial charge < -0.3 is 14.2 Å². The third kappa shape index (κ3) is 51.6. The van der Waals surface area contributed by atoms with Crippen molar-refractivity contribution in [3.63, 3.8) is 0 Å². The molecule has 0 aromatic carbocycles. The molecule has 0 rings (SSSR count). The van der Waals surface area contributed by atoms with Gasteiger partial charge in [-0.25, -0.2) is 0 Å². The number of rotatable bonds is 49. The van der Waals surface area contributed by atoms with Crippen LogP contribution < -0.4 is 0 Å². The number of ether oxygens (including phenoxy) is 3. The highest BCUT2D eigenvalue weighted by Crippen LogP contribution is 2.15. The van der Waals surface area contributed by atoms with Crippen LogP contribution >= 0.6 is 0 Å². The summed E-state index contributed by atoms with van der Waals surface area (Å²) in [5, 5.41) is 0. The monoisotopic (exact) mass is 919 g/mol. The van der Waals surface area contributed by atoms with Gasteiger partial charge in [-0.15, -0.1) is 0 Å². The lowest BCUT2D eigenvalue weighted by Gasteiger charge is -2.18. The number of esters is 3. The Labute approximate surface area is 407 Å². The van der Waals surface area contributed by atoms with Crippen molar-refractivity contribution >= 4 is 17.9 Å². The number of unbranched alkanes of at least 4 members (excludes halogenated alkanes) is 28. The molecule has 0 heterocycles. The largest absolute Gasteiger partial charge is 0.462 e. The highest BCUT2D eigenvalue weighted by Gasteiger charge is 2.19. The number of carbonyl (C=O) groups excluding carboxylic acids is 3. The molecule has 0 aromatic rings. The fraction of sp³-hybridized carbons (Fsp3) is 0.717. The Balaban J connectivity index is 4.42. The second-order valence-corrected chi connectivity index (χ2v) is 18.2. The minimum atomic E-state index is -0.798. The van der Waals surface area contributed by atoms with Crippen LogP contribution in [0.2, 0.25) is 0 Å². The molecular formula is C60H102O6. The van der Waals surface area contributed by atoms with Crippen molar-refractivity contribution in [3.8, 4) is 0 Å². The summed E-state index contributed by atoms with van der Waals surface area (Å²) < 4.78 is 16.8. The highest BCUT2D eigenvalue weighted by molar-refractivity contribution is 5.71. The summed E-state index contributed by atoms with van der Waals surface area (Å²) in [6.45, 7) is 6.43. The highest BCUT2D eigenvalue weighted by atomic mass is 16.6. The summed E-state index contributed by atoms with van der Waals surface area (Å²) >= 11 is 0. The summed E-state index contributed by atoms with van der Waals surface area (Å²) in [6, 6.07) is 0. The second-order valence-electron chi connectivity index (χ2n) is 18.2. The Bertz CT molecular complexity index is 1290. The molecule has 0 spiro atoms. The van der Waals surface area contributed by atoms with E-state index in [0.29, 0.717) is 19.3 Å². The van der Waals surface area contributed by atoms with E-state index in [2.05, 4.69) is 75.5 Å². The standard InChI is InChI=1S/C60H102O6/c1-4-7-10-13-16-19-22-25-27-29-30-31-33-35-38-41-44-47-50-53-59(62)65-56-57(55-64-58(61)52-49-46-43-40-37-34-24-21-18-15-12-9-6-3)66-60(63)54-51-48-45-42-39-36-32-28-26-23-20-17-14-11-8-5-2/h9,12,15-16,18-19,21-22,24-25,28,32,34,37,57H,4-8,10-11,13-14,17,20,23,26-27,29-31,33,35-36,38-56H2,1-3H3/b12-9+,18-15+,19-16+,24-21+,25-22+,32-28+,37-34+. The Hall–Kier alpha value is -3.41. The van der Waals surface area contributed by atoms with E-state index in [4.69, 9.17) is 14.2 Å². The zero-order valence-corrected chi connectivity index (χ0v) is 43.2. The first kappa shape index (κ1) is 62.6. The van der Waals surface area contributed by atoms with Crippen LogP contribution in [0, 0.1) is 0 Å². The predicted molar refractivity (Wildman–Crippen MR) is 284 cm³/mol. The van der Waals surface area contributed by atoms with Gasteiger partial charge in [0, 0.05) is 19.3 Å². The van der Waals surface area contributed by atoms with E-state index in [0.717, 1.165) is 83.5 Å². The molecule has 0 aliphatic heterocycles. The lowest BCUT2D eigenvalue weighted by Crippen LogP contribution is -2.30. The van der Waals surface area contributed by atoms with Crippen molar-refractivity contribution < 1.29 is 28.6 Å². The van der Waals surface area contributed by atoms with Crippen molar-refractivity contribution in [1.82, 2.24) is 0 Å². The van der Waals surface area contributed by atoms with Crippen LogP contribution in [-0.4, -0.2) is 37.2 Å². The molecule has 0 radical (unpaired) electrons. The quantitative estimate of drug-likeness (QED) is 0.0199. The Kier molecular flexibility index (Phi) is 51.4. The third-order valence-corrected chi connectivity index (χ3v) is 11.7. The van der Waals surface area contributed by atoms with E-state index in [-0.39, 0.29) is 31.1 Å². The molecule has 0 aliphatic carbocycles. The van der Waals surface area contributed by atoms with Crippen LogP contribution in [0.5, 0.6) is 0 Å². The molecule has 1 unspecified atom stereocenters. The Morgan fingerprint density at radius 2 is 0.606 bits per heavy atom. The molecule has 0 aliphatic rings. The zero-order chi connectivity index (χ0) is 47.9. The van der Waals surface area contributed by atoms with Crippen molar-refractivity contribution in [2.75, 3.05) is 13.2 Å². The summed E-state index contributed by atoms with van der Waals surface area (Å²) in [6.07, 6.45) is 70.0. The van der Waals surface area contributed by atoms with E-state index >= 15 is 0 Å². The van der Waals surface area contributed by atoms with E-state index < -0.39 is 6.10 Å². The molecule has 0 saturated carbocycles. The van der Waals surface area contributed by atoms with E-state index in [1.54, 1.807) is 0 Å². The Morgan fingerprint density at radius 3 is 1.03 bits per heavy atom. The third-order valence-electron chi connectivity index (χ3n) is 11.7. The van der Waals surface area contributed by atoms with Crippen LogP contribution in [0.3, 0.4) is 0 Å². The molecule has 0 bridgehead atoms. The first-order chi connectivity index (χ1) is 32.5. The predicted octanol–water partition coefficient (Wildman–Crippen LogP) is 18.4. The normalized spacial score (nSPS) is 12.7. The van der Waals surface area contributed by atoms with Gasteiger partial charge >= 0.3 is 17.9 Å². The maximum Gasteiger partial charge on any atom is 0.306 e. The smallest absolute Gasteiger partial charge is 0.306 e. The van der Waals surface area contributed by atoms with Gasteiger partial charge in [0.2, 0.25) is 0 Å². The van der Waals surface area contributed by atoms with Gasteiger partial charge in [0.1, 0.15) is 13.2 Å². The SMILES string of the molecule is CC/C=C/C=C/C=C/C=C/CCCCCC(=O)OCC(COC(=O)CCCCCCCCCCCC/C=C/C=C/CCCCC)OC(=O)CCCCCCC/C=C/CCCCCCCCC. The summed E-state index contributed by atoms with van der Waals surface area (Å²) in [4.78, 5) is 38.1. The minimum absolute atomic E-state index is 0.0944. The molecule has 1 atom stereocenters. The second kappa shape index (κ2) is 54.2. The van der Waals surface area contributed by atoms with Gasteiger partial charge in [0.15, 0.2) is 6.10 Å². The van der Waals surface area contributed by atoms with Crippen molar-refractivity contribution in [2.24, 2.45) is 0 Å². The van der Waals surface area contributed by atoms with Crippen molar-refractivity contribution in [1.29, 1.82) is 0 Å². The van der Waals surface area contributed by atoms with Crippen molar-refractivity contribution in [3.05, 3.63) is 85.1 Å². The number of allylic oxidation sites excluding steroid dienone is 14. The van der Waals surface area contributed by atoms with Crippen LogP contribution in [0.1, 0.15) is 258 Å². The van der Waals surface area contributed by atoms with Crippen LogP contribution in [-0.2, 0) is 28.6 Å². The summed E-state index contributed by atoms with van der Waals surface area (Å²) in [7, 11) is 0. The molecule has 66 heavy (non-hydrogen) atoms. The van der Waals surface area contributed by atoms with Crippen LogP contribution in [0.4, 0.5) is 0 Å². The van der Waals surface area contributed by atoms with E-state index in [9.17, 15) is 14.4 Å². The number of hydrogen-bond donors (Lipinski definition) is 0. The maximum atomic E-state index is 12.8. The van der Waals surface area contributed by atoms with Gasteiger partial charge in [0.05, 0.1) is 0 Å². The van der Waals surface area contributed by atoms with E-state index in [1.807, 2.05) is 30.4 Å². The average molecular weight is 919 g/mol. The number of hydrogen-bond acceptors (Lipinski definition) is 6.